The predicted octanol–water partition coefficient (Wildman–Crippen LogP) is 2.59. The van der Waals surface area contributed by atoms with E-state index in [4.69, 9.17) is 9.47 Å². The summed E-state index contributed by atoms with van der Waals surface area (Å²) in [5, 5.41) is 0. The molecule has 0 unspecified atom stereocenters. The summed E-state index contributed by atoms with van der Waals surface area (Å²) < 4.78 is 11.1. The molecule has 0 aromatic carbocycles. The number of hydrogen-bond donors (Lipinski definition) is 0. The van der Waals surface area contributed by atoms with E-state index >= 15 is 0 Å². The molecule has 0 saturated carbocycles. The number of amides is 1. The molecule has 2 saturated heterocycles. The highest BCUT2D eigenvalue weighted by Crippen LogP contribution is 2.28. The lowest BCUT2D eigenvalue weighted by Crippen LogP contribution is -2.41. The maximum Gasteiger partial charge on any atom is 0.254 e. The zero-order valence-corrected chi connectivity index (χ0v) is 12.9. The summed E-state index contributed by atoms with van der Waals surface area (Å²) >= 11 is 1.69. The van der Waals surface area contributed by atoms with Crippen molar-refractivity contribution in [3.63, 3.8) is 0 Å². The fourth-order valence-electron chi connectivity index (χ4n) is 3.04. The van der Waals surface area contributed by atoms with Gasteiger partial charge in [0, 0.05) is 28.8 Å². The lowest BCUT2D eigenvalue weighted by molar-refractivity contribution is -0.0956. The maximum atomic E-state index is 12.5. The predicted molar refractivity (Wildman–Crippen MR) is 78.1 cm³/mol. The van der Waals surface area contributed by atoms with E-state index in [0.717, 1.165) is 36.4 Å². The molecule has 0 spiro atoms. The Morgan fingerprint density at radius 1 is 1.25 bits per heavy atom. The van der Waals surface area contributed by atoms with Crippen LogP contribution in [0.4, 0.5) is 0 Å². The number of likely N-dealkylation sites (tertiary alicyclic amines) is 1. The van der Waals surface area contributed by atoms with Crippen LogP contribution in [0.1, 0.15) is 33.0 Å². The largest absolute Gasteiger partial charge is 0.350 e. The number of ether oxygens (including phenoxy) is 2. The Bertz CT molecular complexity index is 485. The first-order valence-corrected chi connectivity index (χ1v) is 8.06. The molecular weight excluding hydrogens is 274 g/mol. The van der Waals surface area contributed by atoms with Gasteiger partial charge in [-0.1, -0.05) is 0 Å². The number of rotatable bonds is 2. The van der Waals surface area contributed by atoms with Crippen LogP contribution < -0.4 is 0 Å². The monoisotopic (exact) mass is 295 g/mol. The van der Waals surface area contributed by atoms with Gasteiger partial charge in [0.1, 0.15) is 0 Å². The van der Waals surface area contributed by atoms with Crippen LogP contribution in [-0.2, 0) is 9.47 Å². The SMILES string of the molecule is Cc1cc(C(=O)N2CCC(C3OCCO3)CC2)c(C)s1. The number of thiophene rings is 1. The van der Waals surface area contributed by atoms with Gasteiger partial charge in [0.25, 0.3) is 5.91 Å². The van der Waals surface area contributed by atoms with E-state index in [0.29, 0.717) is 19.1 Å². The van der Waals surface area contributed by atoms with E-state index in [1.807, 2.05) is 17.9 Å². The van der Waals surface area contributed by atoms with Gasteiger partial charge in [0.2, 0.25) is 0 Å². The Labute approximate surface area is 123 Å². The van der Waals surface area contributed by atoms with Gasteiger partial charge < -0.3 is 14.4 Å². The molecule has 110 valence electrons. The summed E-state index contributed by atoms with van der Waals surface area (Å²) in [6.45, 7) is 7.10. The molecule has 0 bridgehead atoms. The second-order valence-corrected chi connectivity index (χ2v) is 7.03. The van der Waals surface area contributed by atoms with Crippen molar-refractivity contribution in [3.05, 3.63) is 21.4 Å². The van der Waals surface area contributed by atoms with Crippen LogP contribution in [-0.4, -0.2) is 43.4 Å². The van der Waals surface area contributed by atoms with Crippen molar-refractivity contribution in [2.45, 2.75) is 33.0 Å². The normalized spacial score (nSPS) is 21.6. The number of aryl methyl sites for hydroxylation is 2. The molecule has 5 heteroatoms. The molecule has 1 aromatic heterocycles. The van der Waals surface area contributed by atoms with Crippen LogP contribution in [0.15, 0.2) is 6.07 Å². The first-order chi connectivity index (χ1) is 9.65. The topological polar surface area (TPSA) is 38.8 Å². The molecule has 3 rings (SSSR count). The first kappa shape index (κ1) is 14.0. The van der Waals surface area contributed by atoms with Crippen LogP contribution in [0.3, 0.4) is 0 Å². The highest BCUT2D eigenvalue weighted by atomic mass is 32.1. The fraction of sp³-hybridized carbons (Fsp3) is 0.667. The minimum Gasteiger partial charge on any atom is -0.350 e. The highest BCUT2D eigenvalue weighted by Gasteiger charge is 2.32. The molecule has 0 radical (unpaired) electrons. The van der Waals surface area contributed by atoms with Gasteiger partial charge in [-0.25, -0.2) is 0 Å². The number of carbonyl (C=O) groups excluding carboxylic acids is 1. The highest BCUT2D eigenvalue weighted by molar-refractivity contribution is 7.12. The third-order valence-electron chi connectivity index (χ3n) is 4.13. The summed E-state index contributed by atoms with van der Waals surface area (Å²) in [7, 11) is 0. The van der Waals surface area contributed by atoms with E-state index in [-0.39, 0.29) is 12.2 Å². The zero-order chi connectivity index (χ0) is 14.1. The first-order valence-electron chi connectivity index (χ1n) is 7.24. The average molecular weight is 295 g/mol. The number of piperidine rings is 1. The Morgan fingerprint density at radius 3 is 2.45 bits per heavy atom. The molecule has 1 aromatic rings. The van der Waals surface area contributed by atoms with Crippen LogP contribution in [0.25, 0.3) is 0 Å². The van der Waals surface area contributed by atoms with Crippen molar-refractivity contribution in [2.75, 3.05) is 26.3 Å². The van der Waals surface area contributed by atoms with Gasteiger partial charge >= 0.3 is 0 Å². The Kier molecular flexibility index (Phi) is 4.10. The molecule has 20 heavy (non-hydrogen) atoms. The summed E-state index contributed by atoms with van der Waals surface area (Å²) in [4.78, 5) is 16.8. The van der Waals surface area contributed by atoms with Crippen molar-refractivity contribution in [1.29, 1.82) is 0 Å². The van der Waals surface area contributed by atoms with Crippen molar-refractivity contribution in [2.24, 2.45) is 5.92 Å². The molecule has 2 aliphatic rings. The molecule has 1 amide bonds. The molecule has 0 N–H and O–H groups in total. The number of nitrogens with zero attached hydrogens (tertiary/aromatic N) is 1. The quantitative estimate of drug-likeness (QED) is 0.842. The number of carbonyl (C=O) groups is 1. The van der Waals surface area contributed by atoms with E-state index in [9.17, 15) is 4.79 Å². The van der Waals surface area contributed by atoms with Crippen molar-refractivity contribution in [1.82, 2.24) is 4.90 Å². The molecule has 4 nitrogen and oxygen atoms in total. The zero-order valence-electron chi connectivity index (χ0n) is 12.1. The number of hydrogen-bond acceptors (Lipinski definition) is 4. The van der Waals surface area contributed by atoms with E-state index in [2.05, 4.69) is 6.92 Å². The van der Waals surface area contributed by atoms with Crippen molar-refractivity contribution < 1.29 is 14.3 Å². The van der Waals surface area contributed by atoms with Gasteiger partial charge in [-0.15, -0.1) is 11.3 Å². The van der Waals surface area contributed by atoms with Gasteiger partial charge in [-0.05, 0) is 32.8 Å². The molecule has 0 atom stereocenters. The lowest BCUT2D eigenvalue weighted by Gasteiger charge is -2.33. The summed E-state index contributed by atoms with van der Waals surface area (Å²) in [6.07, 6.45) is 1.90. The van der Waals surface area contributed by atoms with Gasteiger partial charge in [-0.3, -0.25) is 4.79 Å². The second kappa shape index (κ2) is 5.84. The van der Waals surface area contributed by atoms with Crippen LogP contribution in [0, 0.1) is 19.8 Å². The average Bonchev–Trinajstić information content (AvgIpc) is 3.08. The Balaban J connectivity index is 1.60. The standard InChI is InChI=1S/C15H21NO3S/c1-10-9-13(11(2)20-10)14(17)16-5-3-12(4-6-16)15-18-7-8-19-15/h9,12,15H,3-8H2,1-2H3. The van der Waals surface area contributed by atoms with Gasteiger partial charge in [0.15, 0.2) is 6.29 Å². The van der Waals surface area contributed by atoms with Gasteiger partial charge in [0.05, 0.1) is 18.8 Å². The van der Waals surface area contributed by atoms with Crippen LogP contribution >= 0.6 is 11.3 Å². The van der Waals surface area contributed by atoms with Gasteiger partial charge in [-0.2, -0.15) is 0 Å². The van der Waals surface area contributed by atoms with Crippen LogP contribution in [0.2, 0.25) is 0 Å². The minimum atomic E-state index is -0.0441. The molecule has 3 heterocycles. The van der Waals surface area contributed by atoms with Crippen LogP contribution in [0.5, 0.6) is 0 Å². The van der Waals surface area contributed by atoms with Crippen molar-refractivity contribution in [3.8, 4) is 0 Å². The Hall–Kier alpha value is -0.910. The summed E-state index contributed by atoms with van der Waals surface area (Å²) in [5.74, 6) is 0.616. The lowest BCUT2D eigenvalue weighted by atomic mass is 9.95. The summed E-state index contributed by atoms with van der Waals surface area (Å²) in [5.41, 5.74) is 0.874. The fourth-order valence-corrected chi connectivity index (χ4v) is 3.95. The molecule has 2 aliphatic heterocycles. The smallest absolute Gasteiger partial charge is 0.254 e. The maximum absolute atomic E-state index is 12.5. The third kappa shape index (κ3) is 2.75. The van der Waals surface area contributed by atoms with Crippen molar-refractivity contribution >= 4 is 17.2 Å². The van der Waals surface area contributed by atoms with E-state index in [1.54, 1.807) is 11.3 Å². The molecule has 2 fully saturated rings. The minimum absolute atomic E-state index is 0.0441. The Morgan fingerprint density at radius 2 is 1.90 bits per heavy atom. The molecular formula is C15H21NO3S. The van der Waals surface area contributed by atoms with E-state index < -0.39 is 0 Å². The molecule has 0 aliphatic carbocycles. The summed E-state index contributed by atoms with van der Waals surface area (Å²) in [6, 6.07) is 2.01. The third-order valence-corrected chi connectivity index (χ3v) is 5.10. The second-order valence-electron chi connectivity index (χ2n) is 5.57. The van der Waals surface area contributed by atoms with E-state index in [1.165, 1.54) is 4.88 Å².